The number of aromatic amines is 1. The van der Waals surface area contributed by atoms with Crippen molar-refractivity contribution in [3.8, 4) is 5.75 Å². The zero-order valence-corrected chi connectivity index (χ0v) is 13.9. The third-order valence-electron chi connectivity index (χ3n) is 3.32. The number of benzene rings is 2. The molecule has 0 atom stereocenters. The molecule has 0 bridgehead atoms. The molecule has 0 aliphatic rings. The first-order chi connectivity index (χ1) is 11.6. The number of hydrogen-bond donors (Lipinski definition) is 2. The Hall–Kier alpha value is -2.31. The van der Waals surface area contributed by atoms with Crippen LogP contribution in [-0.4, -0.2) is 15.2 Å². The predicted molar refractivity (Wildman–Crippen MR) is 90.9 cm³/mol. The van der Waals surface area contributed by atoms with Crippen molar-refractivity contribution in [3.05, 3.63) is 69.7 Å². The average Bonchev–Trinajstić information content (AvgIpc) is 3.07. The Kier molecular flexibility index (Phi) is 5.17. The lowest BCUT2D eigenvalue weighted by molar-refractivity contribution is 0.297. The number of hydrogen-bond acceptors (Lipinski definition) is 4. The standard InChI is InChI=1S/C16H13Cl2FN4O/c17-11-4-5-15(10(6-11)7-20-16-21-9-22-23-16)24-8-12-13(18)2-1-3-14(12)19/h1-6,9H,7-8H2,(H2,20,21,22,23). The molecule has 3 rings (SSSR count). The predicted octanol–water partition coefficient (Wildman–Crippen LogP) is 4.44. The number of rotatable bonds is 6. The smallest absolute Gasteiger partial charge is 0.218 e. The van der Waals surface area contributed by atoms with Gasteiger partial charge in [-0.1, -0.05) is 29.3 Å². The van der Waals surface area contributed by atoms with Crippen LogP contribution < -0.4 is 10.1 Å². The van der Waals surface area contributed by atoms with Gasteiger partial charge >= 0.3 is 0 Å². The maximum absolute atomic E-state index is 13.8. The summed E-state index contributed by atoms with van der Waals surface area (Å²) in [6.07, 6.45) is 1.40. The first-order valence-electron chi connectivity index (χ1n) is 7.07. The lowest BCUT2D eigenvalue weighted by Crippen LogP contribution is -2.06. The minimum atomic E-state index is -0.405. The van der Waals surface area contributed by atoms with E-state index >= 15 is 0 Å². The van der Waals surface area contributed by atoms with E-state index in [-0.39, 0.29) is 6.61 Å². The van der Waals surface area contributed by atoms with E-state index in [1.165, 1.54) is 12.4 Å². The molecule has 2 aromatic carbocycles. The lowest BCUT2D eigenvalue weighted by Gasteiger charge is -2.13. The summed E-state index contributed by atoms with van der Waals surface area (Å²) < 4.78 is 19.6. The maximum atomic E-state index is 13.8. The molecular weight excluding hydrogens is 354 g/mol. The molecule has 0 radical (unpaired) electrons. The molecule has 8 heteroatoms. The van der Waals surface area contributed by atoms with Crippen molar-refractivity contribution in [3.63, 3.8) is 0 Å². The van der Waals surface area contributed by atoms with Gasteiger partial charge in [0.05, 0.1) is 5.02 Å². The van der Waals surface area contributed by atoms with Crippen LogP contribution in [0.15, 0.2) is 42.7 Å². The molecule has 0 fully saturated rings. The number of H-pyrrole nitrogens is 1. The lowest BCUT2D eigenvalue weighted by atomic mass is 10.2. The van der Waals surface area contributed by atoms with Gasteiger partial charge in [-0.3, -0.25) is 0 Å². The van der Waals surface area contributed by atoms with E-state index < -0.39 is 5.82 Å². The quantitative estimate of drug-likeness (QED) is 0.676. The average molecular weight is 367 g/mol. The van der Waals surface area contributed by atoms with Gasteiger partial charge in [-0.15, -0.1) is 0 Å². The van der Waals surface area contributed by atoms with Gasteiger partial charge in [0.15, 0.2) is 0 Å². The van der Waals surface area contributed by atoms with Gasteiger partial charge in [0.1, 0.15) is 24.5 Å². The van der Waals surface area contributed by atoms with Crippen LogP contribution >= 0.6 is 23.2 Å². The van der Waals surface area contributed by atoms with E-state index in [4.69, 9.17) is 27.9 Å². The van der Waals surface area contributed by atoms with Crippen molar-refractivity contribution in [2.75, 3.05) is 5.32 Å². The Morgan fingerprint density at radius 2 is 2.08 bits per heavy atom. The Morgan fingerprint density at radius 1 is 1.21 bits per heavy atom. The van der Waals surface area contributed by atoms with Gasteiger partial charge in [-0.05, 0) is 30.3 Å². The topological polar surface area (TPSA) is 62.8 Å². The van der Waals surface area contributed by atoms with Crippen LogP contribution in [0.3, 0.4) is 0 Å². The van der Waals surface area contributed by atoms with E-state index in [0.29, 0.717) is 33.9 Å². The van der Waals surface area contributed by atoms with E-state index in [0.717, 1.165) is 5.56 Å². The normalized spacial score (nSPS) is 10.6. The fraction of sp³-hybridized carbons (Fsp3) is 0.125. The van der Waals surface area contributed by atoms with Gasteiger partial charge in [0.25, 0.3) is 0 Å². The molecular formula is C16H13Cl2FN4O. The Balaban J connectivity index is 1.75. The summed E-state index contributed by atoms with van der Waals surface area (Å²) in [6, 6.07) is 9.72. The van der Waals surface area contributed by atoms with Gasteiger partial charge in [0, 0.05) is 22.7 Å². The summed E-state index contributed by atoms with van der Waals surface area (Å²) in [5, 5.41) is 10.4. The second-order valence-electron chi connectivity index (χ2n) is 4.93. The van der Waals surface area contributed by atoms with Crippen molar-refractivity contribution in [1.82, 2.24) is 15.2 Å². The molecule has 0 aliphatic carbocycles. The van der Waals surface area contributed by atoms with Crippen molar-refractivity contribution < 1.29 is 9.13 Å². The van der Waals surface area contributed by atoms with E-state index in [1.54, 1.807) is 30.3 Å². The monoisotopic (exact) mass is 366 g/mol. The van der Waals surface area contributed by atoms with Crippen molar-refractivity contribution in [2.45, 2.75) is 13.2 Å². The third kappa shape index (κ3) is 3.96. The van der Waals surface area contributed by atoms with E-state index in [1.807, 2.05) is 0 Å². The highest BCUT2D eigenvalue weighted by molar-refractivity contribution is 6.31. The number of nitrogens with zero attached hydrogens (tertiary/aromatic N) is 2. The molecule has 24 heavy (non-hydrogen) atoms. The number of nitrogens with one attached hydrogen (secondary N) is 2. The molecule has 0 unspecified atom stereocenters. The van der Waals surface area contributed by atoms with Crippen molar-refractivity contribution in [1.29, 1.82) is 0 Å². The van der Waals surface area contributed by atoms with Crippen LogP contribution in [0.2, 0.25) is 10.0 Å². The van der Waals surface area contributed by atoms with Gasteiger partial charge in [0.2, 0.25) is 5.95 Å². The van der Waals surface area contributed by atoms with Crippen molar-refractivity contribution >= 4 is 29.2 Å². The molecule has 0 amide bonds. The Morgan fingerprint density at radius 3 is 2.83 bits per heavy atom. The first-order valence-corrected chi connectivity index (χ1v) is 7.82. The Labute approximate surface area is 147 Å². The molecule has 3 aromatic rings. The molecule has 2 N–H and O–H groups in total. The Bertz CT molecular complexity index is 807. The molecule has 1 heterocycles. The maximum Gasteiger partial charge on any atom is 0.218 e. The van der Waals surface area contributed by atoms with Crippen LogP contribution in [0, 0.1) is 5.82 Å². The molecule has 0 aliphatic heterocycles. The minimum absolute atomic E-state index is 0.0163. The fourth-order valence-corrected chi connectivity index (χ4v) is 2.53. The summed E-state index contributed by atoms with van der Waals surface area (Å²) in [5.74, 6) is 0.696. The summed E-state index contributed by atoms with van der Waals surface area (Å²) in [6.45, 7) is 0.429. The summed E-state index contributed by atoms with van der Waals surface area (Å²) in [4.78, 5) is 3.98. The van der Waals surface area contributed by atoms with Crippen LogP contribution in [-0.2, 0) is 13.2 Å². The highest BCUT2D eigenvalue weighted by atomic mass is 35.5. The van der Waals surface area contributed by atoms with E-state index in [9.17, 15) is 4.39 Å². The van der Waals surface area contributed by atoms with E-state index in [2.05, 4.69) is 20.5 Å². The van der Waals surface area contributed by atoms with Crippen LogP contribution in [0.4, 0.5) is 10.3 Å². The minimum Gasteiger partial charge on any atom is -0.488 e. The van der Waals surface area contributed by atoms with Gasteiger partial charge < -0.3 is 10.1 Å². The molecule has 0 saturated carbocycles. The second kappa shape index (κ2) is 7.51. The SMILES string of the molecule is Fc1cccc(Cl)c1COc1ccc(Cl)cc1CNc1ncn[nH]1. The molecule has 1 aromatic heterocycles. The van der Waals surface area contributed by atoms with Gasteiger partial charge in [-0.2, -0.15) is 5.10 Å². The number of aromatic nitrogens is 3. The summed E-state index contributed by atoms with van der Waals surface area (Å²) in [5.41, 5.74) is 1.11. The first kappa shape index (κ1) is 16.5. The molecule has 0 spiro atoms. The zero-order valence-electron chi connectivity index (χ0n) is 12.4. The summed E-state index contributed by atoms with van der Waals surface area (Å²) >= 11 is 12.1. The van der Waals surface area contributed by atoms with Crippen LogP contribution in [0.25, 0.3) is 0 Å². The highest BCUT2D eigenvalue weighted by Gasteiger charge is 2.10. The van der Waals surface area contributed by atoms with Gasteiger partial charge in [-0.25, -0.2) is 14.5 Å². The zero-order chi connectivity index (χ0) is 16.9. The van der Waals surface area contributed by atoms with Crippen LogP contribution in [0.1, 0.15) is 11.1 Å². The number of halogens is 3. The second-order valence-corrected chi connectivity index (χ2v) is 5.77. The summed E-state index contributed by atoms with van der Waals surface area (Å²) in [7, 11) is 0. The van der Waals surface area contributed by atoms with Crippen molar-refractivity contribution in [2.24, 2.45) is 0 Å². The fourth-order valence-electron chi connectivity index (χ4n) is 2.12. The largest absolute Gasteiger partial charge is 0.488 e. The molecule has 124 valence electrons. The van der Waals surface area contributed by atoms with Crippen LogP contribution in [0.5, 0.6) is 5.75 Å². The number of ether oxygens (including phenoxy) is 1. The third-order valence-corrected chi connectivity index (χ3v) is 3.91. The highest BCUT2D eigenvalue weighted by Crippen LogP contribution is 2.26. The number of anilines is 1. The molecule has 5 nitrogen and oxygen atoms in total. The molecule has 0 saturated heterocycles.